The molecule has 0 saturated carbocycles. The van der Waals surface area contributed by atoms with Crippen LogP contribution < -0.4 is 10.6 Å². The number of piperazine rings is 1. The smallest absolute Gasteiger partial charge is 0.274 e. The van der Waals surface area contributed by atoms with Crippen LogP contribution in [-0.4, -0.2) is 42.0 Å². The fourth-order valence-corrected chi connectivity index (χ4v) is 3.06. The monoisotopic (exact) mass is 501 g/mol. The topological polar surface area (TPSA) is 88.0 Å². The third-order valence-electron chi connectivity index (χ3n) is 4.40. The first-order valence-electron chi connectivity index (χ1n) is 8.32. The number of halogens is 2. The molecule has 2 N–H and O–H groups in total. The molecule has 2 aromatic rings. The Kier molecular flexibility index (Phi) is 7.66. The number of nitro groups is 1. The van der Waals surface area contributed by atoms with Crippen LogP contribution in [0.3, 0.4) is 0 Å². The normalized spacial score (nSPS) is 14.6. The highest BCUT2D eigenvalue weighted by atomic mass is 127. The van der Waals surface area contributed by atoms with E-state index < -0.39 is 4.92 Å². The first-order valence-corrected chi connectivity index (χ1v) is 8.70. The molecule has 0 spiro atoms. The second-order valence-corrected chi connectivity index (χ2v) is 6.45. The maximum atomic E-state index is 11.1. The molecule has 9 heteroatoms. The van der Waals surface area contributed by atoms with Gasteiger partial charge in [0, 0.05) is 43.0 Å². The molecule has 3 rings (SSSR count). The molecule has 0 amide bonds. The summed E-state index contributed by atoms with van der Waals surface area (Å²) in [5.41, 5.74) is 7.85. The Hall–Kier alpha value is -2.07. The van der Waals surface area contributed by atoms with Gasteiger partial charge in [0.25, 0.3) is 5.69 Å². The number of nitrogens with two attached hydrogens (primary N) is 1. The first kappa shape index (κ1) is 21.2. The van der Waals surface area contributed by atoms with Gasteiger partial charge in [0.05, 0.1) is 17.0 Å². The number of anilines is 1. The van der Waals surface area contributed by atoms with Crippen molar-refractivity contribution in [3.63, 3.8) is 0 Å². The largest absolute Gasteiger partial charge is 0.370 e. The summed E-state index contributed by atoms with van der Waals surface area (Å²) in [6.07, 6.45) is 0. The number of rotatable bonds is 4. The molecule has 7 nitrogen and oxygen atoms in total. The fraction of sp³-hybridized carbons (Fsp3) is 0.278. The Balaban J connectivity index is 0.00000261. The Morgan fingerprint density at radius 2 is 1.74 bits per heavy atom. The standard InChI is InChI=1S/C18H20ClN5O2.HI/c19-15-5-7-16(8-6-15)22-9-11-23(12-10-22)18(20)21-13-14-3-1-2-4-17(14)24(25)26;/h1-8H,9-13H2,(H2,20,21);1H. The molecule has 0 radical (unpaired) electrons. The van der Waals surface area contributed by atoms with Crippen molar-refractivity contribution in [2.24, 2.45) is 10.7 Å². The Morgan fingerprint density at radius 1 is 1.11 bits per heavy atom. The number of benzene rings is 2. The lowest BCUT2D eigenvalue weighted by Gasteiger charge is -2.36. The van der Waals surface area contributed by atoms with Crippen molar-refractivity contribution in [1.29, 1.82) is 0 Å². The molecule has 1 fully saturated rings. The van der Waals surface area contributed by atoms with Crippen LogP contribution in [0.2, 0.25) is 5.02 Å². The quantitative estimate of drug-likeness (QED) is 0.228. The molecular weight excluding hydrogens is 481 g/mol. The number of hydrogen-bond donors (Lipinski definition) is 1. The number of hydrogen-bond acceptors (Lipinski definition) is 4. The van der Waals surface area contributed by atoms with Gasteiger partial charge < -0.3 is 15.5 Å². The summed E-state index contributed by atoms with van der Waals surface area (Å²) < 4.78 is 0. The van der Waals surface area contributed by atoms with Gasteiger partial charge >= 0.3 is 0 Å². The van der Waals surface area contributed by atoms with Gasteiger partial charge in [-0.15, -0.1) is 24.0 Å². The van der Waals surface area contributed by atoms with Gasteiger partial charge in [0.1, 0.15) is 0 Å². The van der Waals surface area contributed by atoms with E-state index in [-0.39, 0.29) is 36.2 Å². The Morgan fingerprint density at radius 3 is 2.37 bits per heavy atom. The second-order valence-electron chi connectivity index (χ2n) is 6.01. The van der Waals surface area contributed by atoms with E-state index in [1.165, 1.54) is 6.07 Å². The minimum absolute atomic E-state index is 0. The van der Waals surface area contributed by atoms with Crippen molar-refractivity contribution in [3.05, 3.63) is 69.2 Å². The number of nitrogens with zero attached hydrogens (tertiary/aromatic N) is 4. The van der Waals surface area contributed by atoms with Gasteiger partial charge in [-0.3, -0.25) is 10.1 Å². The van der Waals surface area contributed by atoms with Crippen LogP contribution >= 0.6 is 35.6 Å². The lowest BCUT2D eigenvalue weighted by Crippen LogP contribution is -2.51. The van der Waals surface area contributed by atoms with Crippen LogP contribution in [0.1, 0.15) is 5.56 Å². The van der Waals surface area contributed by atoms with Gasteiger partial charge in [-0.05, 0) is 24.3 Å². The Bertz CT molecular complexity index is 808. The van der Waals surface area contributed by atoms with Crippen LogP contribution in [0.5, 0.6) is 0 Å². The van der Waals surface area contributed by atoms with Crippen molar-refractivity contribution in [3.8, 4) is 0 Å². The zero-order chi connectivity index (χ0) is 18.5. The molecule has 1 heterocycles. The first-order chi connectivity index (χ1) is 12.5. The maximum Gasteiger partial charge on any atom is 0.274 e. The molecule has 1 aliphatic heterocycles. The summed E-state index contributed by atoms with van der Waals surface area (Å²) >= 11 is 5.93. The van der Waals surface area contributed by atoms with Gasteiger partial charge in [-0.1, -0.05) is 29.8 Å². The van der Waals surface area contributed by atoms with E-state index in [0.29, 0.717) is 11.5 Å². The second kappa shape index (κ2) is 9.75. The lowest BCUT2D eigenvalue weighted by molar-refractivity contribution is -0.385. The summed E-state index contributed by atoms with van der Waals surface area (Å²) in [4.78, 5) is 19.3. The molecule has 1 aliphatic rings. The minimum Gasteiger partial charge on any atom is -0.370 e. The molecule has 0 bridgehead atoms. The SMILES string of the molecule is I.NC(=NCc1ccccc1[N+](=O)[O-])N1CCN(c2ccc(Cl)cc2)CC1. The number of guanidine groups is 1. The molecular formula is C18H21ClIN5O2. The zero-order valence-corrected chi connectivity index (χ0v) is 17.7. The summed E-state index contributed by atoms with van der Waals surface area (Å²) in [5, 5.41) is 11.8. The Labute approximate surface area is 180 Å². The van der Waals surface area contributed by atoms with Crippen LogP contribution in [0.15, 0.2) is 53.5 Å². The summed E-state index contributed by atoms with van der Waals surface area (Å²) in [5.74, 6) is 0.416. The number of aliphatic imine (C=N–C) groups is 1. The van der Waals surface area contributed by atoms with E-state index in [4.69, 9.17) is 17.3 Å². The van der Waals surface area contributed by atoms with Crippen LogP contribution in [-0.2, 0) is 6.54 Å². The number of para-hydroxylation sites is 1. The van der Waals surface area contributed by atoms with Crippen molar-refractivity contribution in [2.75, 3.05) is 31.1 Å². The van der Waals surface area contributed by atoms with E-state index in [2.05, 4.69) is 9.89 Å². The minimum atomic E-state index is -0.397. The van der Waals surface area contributed by atoms with Gasteiger partial charge in [0.2, 0.25) is 0 Å². The predicted molar refractivity (Wildman–Crippen MR) is 119 cm³/mol. The zero-order valence-electron chi connectivity index (χ0n) is 14.6. The highest BCUT2D eigenvalue weighted by Crippen LogP contribution is 2.20. The lowest BCUT2D eigenvalue weighted by atomic mass is 10.2. The van der Waals surface area contributed by atoms with E-state index in [1.807, 2.05) is 29.2 Å². The molecule has 0 aromatic heterocycles. The third kappa shape index (κ3) is 5.46. The number of nitro benzene ring substituents is 1. The van der Waals surface area contributed by atoms with Crippen molar-refractivity contribution in [1.82, 2.24) is 4.90 Å². The summed E-state index contributed by atoms with van der Waals surface area (Å²) in [7, 11) is 0. The van der Waals surface area contributed by atoms with Crippen LogP contribution in [0.4, 0.5) is 11.4 Å². The van der Waals surface area contributed by atoms with Crippen LogP contribution in [0.25, 0.3) is 0 Å². The van der Waals surface area contributed by atoms with Crippen molar-refractivity contribution in [2.45, 2.75) is 6.54 Å². The van der Waals surface area contributed by atoms with E-state index >= 15 is 0 Å². The third-order valence-corrected chi connectivity index (χ3v) is 4.65. The van der Waals surface area contributed by atoms with Crippen molar-refractivity contribution >= 4 is 52.9 Å². The predicted octanol–water partition coefficient (Wildman–Crippen LogP) is 3.50. The van der Waals surface area contributed by atoms with Crippen molar-refractivity contribution < 1.29 is 4.92 Å². The molecule has 0 aliphatic carbocycles. The summed E-state index contributed by atoms with van der Waals surface area (Å²) in [6.45, 7) is 3.33. The highest BCUT2D eigenvalue weighted by Gasteiger charge is 2.19. The van der Waals surface area contributed by atoms with Gasteiger partial charge in [-0.2, -0.15) is 0 Å². The molecule has 27 heavy (non-hydrogen) atoms. The molecule has 1 saturated heterocycles. The molecule has 0 atom stereocenters. The highest BCUT2D eigenvalue weighted by molar-refractivity contribution is 14.0. The van der Waals surface area contributed by atoms with E-state index in [0.717, 1.165) is 36.9 Å². The van der Waals surface area contributed by atoms with Gasteiger partial charge in [0.15, 0.2) is 5.96 Å². The molecule has 2 aromatic carbocycles. The average Bonchev–Trinajstić information content (AvgIpc) is 2.67. The van der Waals surface area contributed by atoms with Crippen LogP contribution in [0, 0.1) is 10.1 Å². The van der Waals surface area contributed by atoms with E-state index in [1.54, 1.807) is 18.2 Å². The van der Waals surface area contributed by atoms with E-state index in [9.17, 15) is 10.1 Å². The fourth-order valence-electron chi connectivity index (χ4n) is 2.93. The molecule has 144 valence electrons. The van der Waals surface area contributed by atoms with Gasteiger partial charge in [-0.25, -0.2) is 4.99 Å². The average molecular weight is 502 g/mol. The maximum absolute atomic E-state index is 11.1. The molecule has 0 unspecified atom stereocenters. The summed E-state index contributed by atoms with van der Waals surface area (Å²) in [6, 6.07) is 14.4.